The van der Waals surface area contributed by atoms with Crippen LogP contribution < -0.4 is 25.4 Å². The van der Waals surface area contributed by atoms with Gasteiger partial charge < -0.3 is 15.2 Å². The highest BCUT2D eigenvalue weighted by Crippen LogP contribution is 2.24. The first-order valence-corrected chi connectivity index (χ1v) is 9.04. The molecule has 1 saturated heterocycles. The molecule has 0 saturated carbocycles. The molecular weight excluding hydrogens is 390 g/mol. The lowest BCUT2D eigenvalue weighted by Crippen LogP contribution is -2.54. The molecule has 9 heteroatoms. The zero-order valence-electron chi connectivity index (χ0n) is 16.1. The Hall–Kier alpha value is -4.14. The van der Waals surface area contributed by atoms with Crippen LogP contribution in [0.2, 0.25) is 0 Å². The topological polar surface area (TPSA) is 128 Å². The van der Waals surface area contributed by atoms with E-state index in [1.54, 1.807) is 48.5 Å². The SMILES string of the molecule is CCOc1ccc(N2C(=O)NC(=O)/C(=C\c3ccc(OCC(N)=O)cc3)C2=O)cc1. The number of nitrogens with one attached hydrogen (secondary N) is 1. The highest BCUT2D eigenvalue weighted by atomic mass is 16.5. The Morgan fingerprint density at radius 2 is 1.60 bits per heavy atom. The van der Waals surface area contributed by atoms with Crippen LogP contribution in [-0.2, 0) is 14.4 Å². The van der Waals surface area contributed by atoms with Crippen molar-refractivity contribution in [2.75, 3.05) is 18.1 Å². The average molecular weight is 409 g/mol. The third-order valence-electron chi connectivity index (χ3n) is 4.08. The van der Waals surface area contributed by atoms with E-state index in [1.807, 2.05) is 6.92 Å². The third kappa shape index (κ3) is 4.64. The molecule has 0 aliphatic carbocycles. The number of carbonyl (C=O) groups excluding carboxylic acids is 4. The molecule has 154 valence electrons. The summed E-state index contributed by atoms with van der Waals surface area (Å²) >= 11 is 0. The molecule has 30 heavy (non-hydrogen) atoms. The molecule has 3 rings (SSSR count). The second kappa shape index (κ2) is 8.91. The molecule has 0 spiro atoms. The number of ether oxygens (including phenoxy) is 2. The van der Waals surface area contributed by atoms with Gasteiger partial charge in [0.15, 0.2) is 6.61 Å². The van der Waals surface area contributed by atoms with Crippen LogP contribution in [0.5, 0.6) is 11.5 Å². The minimum atomic E-state index is -0.832. The normalized spacial score (nSPS) is 15.2. The van der Waals surface area contributed by atoms with Gasteiger partial charge in [-0.1, -0.05) is 12.1 Å². The Morgan fingerprint density at radius 3 is 2.20 bits per heavy atom. The quantitative estimate of drug-likeness (QED) is 0.528. The van der Waals surface area contributed by atoms with E-state index in [0.717, 1.165) is 4.90 Å². The number of carbonyl (C=O) groups is 4. The zero-order chi connectivity index (χ0) is 21.7. The fraction of sp³-hybridized carbons (Fsp3) is 0.143. The zero-order valence-corrected chi connectivity index (χ0v) is 16.1. The molecule has 1 heterocycles. The first kappa shape index (κ1) is 20.6. The van der Waals surface area contributed by atoms with E-state index in [9.17, 15) is 19.2 Å². The Balaban J connectivity index is 1.83. The summed E-state index contributed by atoms with van der Waals surface area (Å²) in [4.78, 5) is 49.0. The number of urea groups is 1. The molecule has 0 radical (unpaired) electrons. The number of imide groups is 2. The van der Waals surface area contributed by atoms with E-state index in [2.05, 4.69) is 5.32 Å². The Labute approximate surface area is 172 Å². The van der Waals surface area contributed by atoms with E-state index >= 15 is 0 Å². The predicted molar refractivity (Wildman–Crippen MR) is 108 cm³/mol. The van der Waals surface area contributed by atoms with Crippen LogP contribution in [0, 0.1) is 0 Å². The van der Waals surface area contributed by atoms with Crippen molar-refractivity contribution in [1.29, 1.82) is 0 Å². The van der Waals surface area contributed by atoms with Crippen molar-refractivity contribution in [2.45, 2.75) is 6.92 Å². The lowest BCUT2D eigenvalue weighted by molar-refractivity contribution is -0.123. The summed E-state index contributed by atoms with van der Waals surface area (Å²) in [5, 5.41) is 2.16. The maximum atomic E-state index is 12.9. The molecule has 1 fully saturated rings. The fourth-order valence-electron chi connectivity index (χ4n) is 2.73. The van der Waals surface area contributed by atoms with Gasteiger partial charge in [0.1, 0.15) is 17.1 Å². The number of nitrogens with zero attached hydrogens (tertiary/aromatic N) is 1. The number of amides is 5. The summed E-state index contributed by atoms with van der Waals surface area (Å²) in [5.74, 6) is -1.15. The van der Waals surface area contributed by atoms with Crippen LogP contribution in [0.15, 0.2) is 54.1 Å². The predicted octanol–water partition coefficient (Wildman–Crippen LogP) is 1.62. The van der Waals surface area contributed by atoms with E-state index < -0.39 is 23.8 Å². The van der Waals surface area contributed by atoms with Crippen LogP contribution >= 0.6 is 0 Å². The molecule has 0 bridgehead atoms. The molecule has 0 atom stereocenters. The van der Waals surface area contributed by atoms with Crippen molar-refractivity contribution in [1.82, 2.24) is 5.32 Å². The second-order valence-electron chi connectivity index (χ2n) is 6.21. The number of barbiturate groups is 1. The van der Waals surface area contributed by atoms with Crippen LogP contribution in [0.25, 0.3) is 6.08 Å². The molecule has 3 N–H and O–H groups in total. The number of nitrogens with two attached hydrogens (primary N) is 1. The Kier molecular flexibility index (Phi) is 6.11. The molecule has 1 aliphatic rings. The van der Waals surface area contributed by atoms with Crippen molar-refractivity contribution < 1.29 is 28.7 Å². The van der Waals surface area contributed by atoms with Gasteiger partial charge in [-0.15, -0.1) is 0 Å². The van der Waals surface area contributed by atoms with Gasteiger partial charge in [-0.2, -0.15) is 0 Å². The average Bonchev–Trinajstić information content (AvgIpc) is 2.72. The van der Waals surface area contributed by atoms with Crippen molar-refractivity contribution in [3.8, 4) is 11.5 Å². The van der Waals surface area contributed by atoms with Gasteiger partial charge in [-0.05, 0) is 55.0 Å². The fourth-order valence-corrected chi connectivity index (χ4v) is 2.73. The van der Waals surface area contributed by atoms with Crippen LogP contribution in [0.1, 0.15) is 12.5 Å². The summed E-state index contributed by atoms with van der Waals surface area (Å²) in [6.07, 6.45) is 1.36. The Bertz CT molecular complexity index is 1010. The maximum absolute atomic E-state index is 12.9. The largest absolute Gasteiger partial charge is 0.494 e. The van der Waals surface area contributed by atoms with Gasteiger partial charge in [0.2, 0.25) is 0 Å². The first-order chi connectivity index (χ1) is 14.4. The smallest absolute Gasteiger partial charge is 0.335 e. The van der Waals surface area contributed by atoms with Gasteiger partial charge >= 0.3 is 6.03 Å². The van der Waals surface area contributed by atoms with Crippen molar-refractivity contribution in [2.24, 2.45) is 5.73 Å². The van der Waals surface area contributed by atoms with Gasteiger partial charge in [-0.25, -0.2) is 9.69 Å². The summed E-state index contributed by atoms with van der Waals surface area (Å²) < 4.78 is 10.5. The van der Waals surface area contributed by atoms with Crippen LogP contribution in [0.3, 0.4) is 0 Å². The molecule has 0 unspecified atom stereocenters. The van der Waals surface area contributed by atoms with E-state index in [4.69, 9.17) is 15.2 Å². The summed E-state index contributed by atoms with van der Waals surface area (Å²) in [7, 11) is 0. The lowest BCUT2D eigenvalue weighted by Gasteiger charge is -2.26. The van der Waals surface area contributed by atoms with Gasteiger partial charge in [0.25, 0.3) is 17.7 Å². The van der Waals surface area contributed by atoms with Crippen LogP contribution in [-0.4, -0.2) is 37.0 Å². The number of hydrogen-bond acceptors (Lipinski definition) is 6. The molecule has 5 amide bonds. The molecular formula is C21H19N3O6. The second-order valence-corrected chi connectivity index (χ2v) is 6.21. The van der Waals surface area contributed by atoms with E-state index in [1.165, 1.54) is 6.08 Å². The molecule has 9 nitrogen and oxygen atoms in total. The molecule has 2 aromatic carbocycles. The first-order valence-electron chi connectivity index (χ1n) is 9.04. The maximum Gasteiger partial charge on any atom is 0.335 e. The minimum absolute atomic E-state index is 0.200. The highest BCUT2D eigenvalue weighted by molar-refractivity contribution is 6.39. The van der Waals surface area contributed by atoms with Gasteiger partial charge in [0.05, 0.1) is 12.3 Å². The standard InChI is InChI=1S/C21H19N3O6/c1-2-29-15-9-5-14(6-10-15)24-20(27)17(19(26)23-21(24)28)11-13-3-7-16(8-4-13)30-12-18(22)25/h3-11H,2,12H2,1H3,(H2,22,25)(H,23,26,28)/b17-11+. The van der Waals surface area contributed by atoms with Gasteiger partial charge in [-0.3, -0.25) is 19.7 Å². The lowest BCUT2D eigenvalue weighted by atomic mass is 10.1. The summed E-state index contributed by atoms with van der Waals surface area (Å²) in [5.41, 5.74) is 5.65. The van der Waals surface area contributed by atoms with Gasteiger partial charge in [0, 0.05) is 0 Å². The Morgan fingerprint density at radius 1 is 1.00 bits per heavy atom. The number of primary amides is 1. The number of hydrogen-bond donors (Lipinski definition) is 2. The molecule has 2 aromatic rings. The third-order valence-corrected chi connectivity index (χ3v) is 4.08. The minimum Gasteiger partial charge on any atom is -0.494 e. The number of anilines is 1. The summed E-state index contributed by atoms with van der Waals surface area (Å²) in [6, 6.07) is 11.9. The summed E-state index contributed by atoms with van der Waals surface area (Å²) in [6.45, 7) is 2.06. The molecule has 1 aliphatic heterocycles. The van der Waals surface area contributed by atoms with Crippen molar-refractivity contribution >= 4 is 35.5 Å². The van der Waals surface area contributed by atoms with Crippen LogP contribution in [0.4, 0.5) is 10.5 Å². The number of benzene rings is 2. The molecule has 0 aromatic heterocycles. The van der Waals surface area contributed by atoms with Crippen molar-refractivity contribution in [3.63, 3.8) is 0 Å². The monoisotopic (exact) mass is 409 g/mol. The van der Waals surface area contributed by atoms with E-state index in [-0.39, 0.29) is 12.2 Å². The number of rotatable bonds is 7. The highest BCUT2D eigenvalue weighted by Gasteiger charge is 2.36. The van der Waals surface area contributed by atoms with E-state index in [0.29, 0.717) is 29.4 Å². The van der Waals surface area contributed by atoms with Crippen molar-refractivity contribution in [3.05, 3.63) is 59.7 Å².